The Hall–Kier alpha value is -3.48. The van der Waals surface area contributed by atoms with Gasteiger partial charge in [0, 0.05) is 17.8 Å². The second-order valence-electron chi connectivity index (χ2n) is 9.42. The molecule has 3 heterocycles. The normalized spacial score (nSPS) is 17.1. The topological polar surface area (TPSA) is 79.7 Å². The first-order valence-electron chi connectivity index (χ1n) is 11.9. The Morgan fingerprint density at radius 2 is 1.91 bits per heavy atom. The van der Waals surface area contributed by atoms with E-state index in [2.05, 4.69) is 75.7 Å². The summed E-state index contributed by atoms with van der Waals surface area (Å²) in [6.45, 7) is 4.95. The van der Waals surface area contributed by atoms with E-state index in [1.165, 1.54) is 24.0 Å². The van der Waals surface area contributed by atoms with E-state index in [1.54, 1.807) is 0 Å². The fourth-order valence-corrected chi connectivity index (χ4v) is 5.61. The third kappa shape index (κ3) is 3.25. The lowest BCUT2D eigenvalue weighted by molar-refractivity contribution is 0.428. The summed E-state index contributed by atoms with van der Waals surface area (Å²) in [5, 5.41) is 14.0. The number of nitrogens with one attached hydrogen (secondary N) is 1. The van der Waals surface area contributed by atoms with Crippen LogP contribution in [-0.4, -0.2) is 31.7 Å². The predicted molar refractivity (Wildman–Crippen MR) is 129 cm³/mol. The van der Waals surface area contributed by atoms with Crippen molar-refractivity contribution in [1.29, 1.82) is 0 Å². The molecule has 1 saturated carbocycles. The van der Waals surface area contributed by atoms with Gasteiger partial charge in [-0.1, -0.05) is 43.2 Å². The monoisotopic (exact) mass is 440 g/mol. The van der Waals surface area contributed by atoms with Gasteiger partial charge in [0.25, 0.3) is 5.56 Å². The smallest absolute Gasteiger partial charge is 0.254 e. The van der Waals surface area contributed by atoms with Gasteiger partial charge < -0.3 is 9.88 Å². The number of pyridine rings is 1. The molecule has 1 aliphatic carbocycles. The molecule has 1 unspecified atom stereocenters. The van der Waals surface area contributed by atoms with Crippen molar-refractivity contribution in [2.45, 2.75) is 58.0 Å². The number of fused-ring (bicyclic) bond motifs is 2. The van der Waals surface area contributed by atoms with Gasteiger partial charge in [0.05, 0.1) is 11.6 Å². The van der Waals surface area contributed by atoms with Gasteiger partial charge >= 0.3 is 0 Å². The summed E-state index contributed by atoms with van der Waals surface area (Å²) in [4.78, 5) is 19.1. The van der Waals surface area contributed by atoms with Crippen molar-refractivity contribution >= 4 is 16.6 Å². The first-order chi connectivity index (χ1) is 16.1. The number of benzene rings is 2. The molecule has 7 heteroatoms. The first-order valence-corrected chi connectivity index (χ1v) is 11.9. The highest BCUT2D eigenvalue weighted by atomic mass is 16.1. The van der Waals surface area contributed by atoms with Crippen LogP contribution in [0.1, 0.15) is 65.8 Å². The fraction of sp³-hybridized carbons (Fsp3) is 0.385. The number of aromatic amines is 1. The van der Waals surface area contributed by atoms with E-state index in [4.69, 9.17) is 0 Å². The summed E-state index contributed by atoms with van der Waals surface area (Å²) in [7, 11) is 0. The number of tetrazole rings is 1. The maximum atomic E-state index is 13.6. The van der Waals surface area contributed by atoms with Crippen LogP contribution in [0.3, 0.4) is 0 Å². The van der Waals surface area contributed by atoms with Gasteiger partial charge in [0.1, 0.15) is 6.04 Å². The Kier molecular flexibility index (Phi) is 4.78. The van der Waals surface area contributed by atoms with E-state index in [0.717, 1.165) is 53.8 Å². The molecular formula is C26H28N6O. The van der Waals surface area contributed by atoms with Crippen molar-refractivity contribution in [3.05, 3.63) is 80.9 Å². The zero-order valence-electron chi connectivity index (χ0n) is 19.1. The highest BCUT2D eigenvalue weighted by Gasteiger charge is 2.36. The van der Waals surface area contributed by atoms with Gasteiger partial charge in [-0.2, -0.15) is 0 Å². The van der Waals surface area contributed by atoms with Crippen LogP contribution in [0.2, 0.25) is 0 Å². The lowest BCUT2D eigenvalue weighted by Gasteiger charge is -2.30. The zero-order chi connectivity index (χ0) is 22.5. The van der Waals surface area contributed by atoms with Gasteiger partial charge in [-0.3, -0.25) is 4.79 Å². The molecule has 0 radical (unpaired) electrons. The number of para-hydroxylation sites is 1. The van der Waals surface area contributed by atoms with Gasteiger partial charge in [-0.05, 0) is 77.7 Å². The first kappa shape index (κ1) is 20.1. The molecule has 2 aliphatic rings. The van der Waals surface area contributed by atoms with E-state index in [0.29, 0.717) is 11.6 Å². The number of anilines is 1. The van der Waals surface area contributed by atoms with Gasteiger partial charge in [-0.25, -0.2) is 4.68 Å². The maximum absolute atomic E-state index is 13.6. The molecule has 1 atom stereocenters. The average Bonchev–Trinajstić information content (AvgIpc) is 3.59. The SMILES string of the molecule is Cc1ccc2cc(C(c3nnnn3C3CCCC3)N3CCc4ccccc43)c(=O)[nH]c2c1C. The van der Waals surface area contributed by atoms with Crippen LogP contribution in [-0.2, 0) is 6.42 Å². The second-order valence-corrected chi connectivity index (χ2v) is 9.42. The lowest BCUT2D eigenvalue weighted by Crippen LogP contribution is -2.34. The minimum Gasteiger partial charge on any atom is -0.357 e. The van der Waals surface area contributed by atoms with E-state index in [-0.39, 0.29) is 11.6 Å². The molecule has 0 bridgehead atoms. The van der Waals surface area contributed by atoms with Crippen LogP contribution in [0.15, 0.2) is 47.3 Å². The highest BCUT2D eigenvalue weighted by Crippen LogP contribution is 2.39. The van der Waals surface area contributed by atoms with Crippen molar-refractivity contribution in [3.8, 4) is 0 Å². The Balaban J connectivity index is 1.57. The van der Waals surface area contributed by atoms with Crippen molar-refractivity contribution in [2.75, 3.05) is 11.4 Å². The van der Waals surface area contributed by atoms with Crippen molar-refractivity contribution in [1.82, 2.24) is 25.2 Å². The summed E-state index contributed by atoms with van der Waals surface area (Å²) >= 11 is 0. The van der Waals surface area contributed by atoms with E-state index in [1.807, 2.05) is 10.7 Å². The number of aromatic nitrogens is 5. The molecule has 4 aromatic rings. The van der Waals surface area contributed by atoms with Crippen LogP contribution in [0.4, 0.5) is 5.69 Å². The van der Waals surface area contributed by atoms with Gasteiger partial charge in [0.2, 0.25) is 0 Å². The number of hydrogen-bond donors (Lipinski definition) is 1. The molecule has 33 heavy (non-hydrogen) atoms. The van der Waals surface area contributed by atoms with Gasteiger partial charge in [-0.15, -0.1) is 5.10 Å². The van der Waals surface area contributed by atoms with E-state index < -0.39 is 0 Å². The summed E-state index contributed by atoms with van der Waals surface area (Å²) in [5.74, 6) is 0.757. The minimum absolute atomic E-state index is 0.0773. The largest absolute Gasteiger partial charge is 0.357 e. The zero-order valence-corrected chi connectivity index (χ0v) is 19.1. The number of rotatable bonds is 4. The number of hydrogen-bond acceptors (Lipinski definition) is 5. The van der Waals surface area contributed by atoms with Gasteiger partial charge in [0.15, 0.2) is 5.82 Å². The summed E-state index contributed by atoms with van der Waals surface area (Å²) in [5.41, 5.74) is 6.24. The van der Waals surface area contributed by atoms with Crippen LogP contribution in [0, 0.1) is 13.8 Å². The van der Waals surface area contributed by atoms with E-state index >= 15 is 0 Å². The standard InChI is InChI=1S/C26H28N6O/c1-16-11-12-19-15-21(26(33)27-23(19)17(16)2)24(31-14-13-18-7-3-6-10-22(18)31)25-28-29-30-32(25)20-8-4-5-9-20/h3,6-7,10-12,15,20,24H,4-5,8-9,13-14H2,1-2H3,(H,27,33). The molecule has 168 valence electrons. The molecule has 6 rings (SSSR count). The third-order valence-electron chi connectivity index (χ3n) is 7.54. The van der Waals surface area contributed by atoms with Crippen molar-refractivity contribution < 1.29 is 0 Å². The summed E-state index contributed by atoms with van der Waals surface area (Å²) < 4.78 is 1.99. The molecule has 2 aromatic carbocycles. The quantitative estimate of drug-likeness (QED) is 0.509. The van der Waals surface area contributed by atoms with Crippen LogP contribution < -0.4 is 10.5 Å². The number of H-pyrrole nitrogens is 1. The molecule has 1 aliphatic heterocycles. The molecule has 1 fully saturated rings. The van der Waals surface area contributed by atoms with E-state index in [9.17, 15) is 4.79 Å². The lowest BCUT2D eigenvalue weighted by atomic mass is 10.00. The predicted octanol–water partition coefficient (Wildman–Crippen LogP) is 4.40. The third-order valence-corrected chi connectivity index (χ3v) is 7.54. The Morgan fingerprint density at radius 1 is 1.09 bits per heavy atom. The van der Waals surface area contributed by atoms with Crippen LogP contribution in [0.25, 0.3) is 10.9 Å². The second kappa shape index (κ2) is 7.83. The molecule has 0 spiro atoms. The highest BCUT2D eigenvalue weighted by molar-refractivity contribution is 5.83. The van der Waals surface area contributed by atoms with Crippen LogP contribution >= 0.6 is 0 Å². The number of nitrogens with zero attached hydrogens (tertiary/aromatic N) is 5. The summed E-state index contributed by atoms with van der Waals surface area (Å²) in [6.07, 6.45) is 5.48. The number of aryl methyl sites for hydroxylation is 2. The van der Waals surface area contributed by atoms with Crippen molar-refractivity contribution in [2.24, 2.45) is 0 Å². The molecule has 2 aromatic heterocycles. The molecule has 7 nitrogen and oxygen atoms in total. The maximum Gasteiger partial charge on any atom is 0.254 e. The van der Waals surface area contributed by atoms with Crippen molar-refractivity contribution in [3.63, 3.8) is 0 Å². The Bertz CT molecular complexity index is 1400. The summed E-state index contributed by atoms with van der Waals surface area (Å²) in [6, 6.07) is 14.6. The molecule has 0 saturated heterocycles. The fourth-order valence-electron chi connectivity index (χ4n) is 5.61. The Labute approximate surface area is 192 Å². The molecule has 0 amide bonds. The van der Waals surface area contributed by atoms with Crippen LogP contribution in [0.5, 0.6) is 0 Å². The minimum atomic E-state index is -0.348. The Morgan fingerprint density at radius 3 is 2.76 bits per heavy atom. The molecular weight excluding hydrogens is 412 g/mol. The molecule has 1 N–H and O–H groups in total. The average molecular weight is 441 g/mol.